The van der Waals surface area contributed by atoms with Crippen molar-refractivity contribution in [2.45, 2.75) is 89.3 Å². The molecule has 0 bridgehead atoms. The molecule has 39 heavy (non-hydrogen) atoms. The van der Waals surface area contributed by atoms with Gasteiger partial charge < -0.3 is 15.5 Å². The van der Waals surface area contributed by atoms with Crippen molar-refractivity contribution in [2.75, 3.05) is 19.6 Å². The van der Waals surface area contributed by atoms with Crippen LogP contribution in [0, 0.1) is 29.6 Å². The van der Waals surface area contributed by atoms with Gasteiger partial charge in [-0.3, -0.25) is 29.4 Å². The van der Waals surface area contributed by atoms with Gasteiger partial charge in [0.25, 0.3) is 17.4 Å². The molecule has 0 aromatic carbocycles. The first kappa shape index (κ1) is 29.6. The van der Waals surface area contributed by atoms with Gasteiger partial charge in [0.05, 0.1) is 12.5 Å². The molecule has 5 amide bonds. The van der Waals surface area contributed by atoms with Gasteiger partial charge in [-0.05, 0) is 56.3 Å². The smallest absolute Gasteiger partial charge is 0.291 e. The van der Waals surface area contributed by atoms with E-state index in [1.165, 1.54) is 0 Å². The lowest BCUT2D eigenvalue weighted by Crippen LogP contribution is -2.60. The molecule has 10 nitrogen and oxygen atoms in total. The Labute approximate surface area is 234 Å². The number of likely N-dealkylation sites (tertiary alicyclic amines) is 1. The molecular weight excluding hydrogens is 529 g/mol. The van der Waals surface area contributed by atoms with Crippen molar-refractivity contribution in [2.24, 2.45) is 29.6 Å². The second-order valence-electron chi connectivity index (χ2n) is 11.5. The summed E-state index contributed by atoms with van der Waals surface area (Å²) in [5.41, 5.74) is 0.136. The van der Waals surface area contributed by atoms with Gasteiger partial charge in [0.1, 0.15) is 12.1 Å². The monoisotopic (exact) mass is 569 g/mol. The van der Waals surface area contributed by atoms with E-state index in [2.05, 4.69) is 16.1 Å². The predicted molar refractivity (Wildman–Crippen MR) is 141 cm³/mol. The number of carbonyl (C=O) groups excluding carboxylic acids is 5. The van der Waals surface area contributed by atoms with E-state index in [1.54, 1.807) is 4.90 Å². The molecule has 4 fully saturated rings. The summed E-state index contributed by atoms with van der Waals surface area (Å²) in [4.78, 5) is 67.0. The Hall–Kier alpha value is -2.43. The summed E-state index contributed by atoms with van der Waals surface area (Å²) in [5, 5.41) is 6.50. The number of fused-ring (bicyclic) bond motifs is 1. The molecule has 0 unspecified atom stereocenters. The summed E-state index contributed by atoms with van der Waals surface area (Å²) in [7, 11) is 0. The fourth-order valence-electron chi connectivity index (χ4n) is 6.54. The zero-order valence-electron chi connectivity index (χ0n) is 22.8. The van der Waals surface area contributed by atoms with Crippen molar-refractivity contribution in [1.29, 1.82) is 0 Å². The second kappa shape index (κ2) is 12.8. The molecule has 4 aliphatic rings. The van der Waals surface area contributed by atoms with Crippen molar-refractivity contribution in [3.63, 3.8) is 0 Å². The number of nitrogens with one attached hydrogen (secondary N) is 3. The molecule has 2 aliphatic heterocycles. The SMILES string of the molecule is CCC(CC)[C@H](NC(=O)C1CC1)C(=O)N1C[C@@H]2CCC[C@@H]2[C@H]1C(=O)NN(C[C@H]1CCCNC1=O)C(=O)[C@H](F)Cl. The van der Waals surface area contributed by atoms with Gasteiger partial charge in [0.15, 0.2) is 0 Å². The van der Waals surface area contributed by atoms with Crippen LogP contribution in [0.3, 0.4) is 0 Å². The summed E-state index contributed by atoms with van der Waals surface area (Å²) in [5.74, 6) is -3.20. The third-order valence-electron chi connectivity index (χ3n) is 8.97. The molecule has 2 saturated heterocycles. The minimum atomic E-state index is -2.39. The summed E-state index contributed by atoms with van der Waals surface area (Å²) in [6.07, 6.45) is 6.74. The number of piperidine rings is 1. The number of nitrogens with zero attached hydrogens (tertiary/aromatic N) is 2. The average Bonchev–Trinajstić information content (AvgIpc) is 3.57. The van der Waals surface area contributed by atoms with E-state index in [0.29, 0.717) is 38.8 Å². The van der Waals surface area contributed by atoms with Crippen molar-refractivity contribution in [3.05, 3.63) is 0 Å². The Morgan fingerprint density at radius 1 is 1.08 bits per heavy atom. The number of hydrazine groups is 1. The van der Waals surface area contributed by atoms with Crippen LogP contribution in [0.15, 0.2) is 0 Å². The molecule has 2 heterocycles. The van der Waals surface area contributed by atoms with E-state index in [0.717, 1.165) is 37.1 Å². The molecule has 218 valence electrons. The van der Waals surface area contributed by atoms with Crippen molar-refractivity contribution in [1.82, 2.24) is 26.0 Å². The molecular formula is C27H41ClFN5O5. The van der Waals surface area contributed by atoms with E-state index in [1.807, 2.05) is 13.8 Å². The maximum absolute atomic E-state index is 14.0. The molecule has 12 heteroatoms. The molecule has 0 radical (unpaired) electrons. The van der Waals surface area contributed by atoms with Gasteiger partial charge in [-0.1, -0.05) is 44.7 Å². The predicted octanol–water partition coefficient (Wildman–Crippen LogP) is 1.86. The molecule has 3 N–H and O–H groups in total. The zero-order chi connectivity index (χ0) is 28.3. The topological polar surface area (TPSA) is 128 Å². The second-order valence-corrected chi connectivity index (χ2v) is 11.9. The van der Waals surface area contributed by atoms with Crippen LogP contribution in [0.5, 0.6) is 0 Å². The molecule has 0 aromatic heterocycles. The van der Waals surface area contributed by atoms with Crippen LogP contribution in [0.1, 0.15) is 71.6 Å². The third kappa shape index (κ3) is 6.66. The highest BCUT2D eigenvalue weighted by Crippen LogP contribution is 2.43. The number of amides is 5. The first-order valence-electron chi connectivity index (χ1n) is 14.4. The molecule has 0 spiro atoms. The maximum atomic E-state index is 14.0. The van der Waals surface area contributed by atoms with Gasteiger partial charge in [0.2, 0.25) is 17.7 Å². The summed E-state index contributed by atoms with van der Waals surface area (Å²) < 4.78 is 13.9. The van der Waals surface area contributed by atoms with Gasteiger partial charge in [-0.2, -0.15) is 0 Å². The summed E-state index contributed by atoms with van der Waals surface area (Å²) in [6.45, 7) is 4.65. The van der Waals surface area contributed by atoms with Crippen LogP contribution in [0.4, 0.5) is 4.39 Å². The Kier molecular flexibility index (Phi) is 9.72. The number of alkyl halides is 2. The van der Waals surface area contributed by atoms with Crippen LogP contribution in [-0.2, 0) is 24.0 Å². The van der Waals surface area contributed by atoms with Crippen LogP contribution in [0.25, 0.3) is 0 Å². The lowest BCUT2D eigenvalue weighted by molar-refractivity contribution is -0.150. The fraction of sp³-hybridized carbons (Fsp3) is 0.815. The Morgan fingerprint density at radius 3 is 2.41 bits per heavy atom. The highest BCUT2D eigenvalue weighted by Gasteiger charge is 2.52. The largest absolute Gasteiger partial charge is 0.356 e. The van der Waals surface area contributed by atoms with E-state index in [4.69, 9.17) is 11.6 Å². The Balaban J connectivity index is 1.56. The molecule has 0 aromatic rings. The highest BCUT2D eigenvalue weighted by molar-refractivity contribution is 6.29. The highest BCUT2D eigenvalue weighted by atomic mass is 35.5. The standard InChI is InChI=1S/C27H41ClFN5O5/c1-3-15(4-2)20(31-24(36)16-10-11-16)26(38)33-13-17-7-5-9-19(17)21(33)25(37)32-34(27(39)22(28)29)14-18-8-6-12-30-23(18)35/h15-22H,3-14H2,1-2H3,(H,30,35)(H,31,36)(H,32,37)/t17-,18+,19-,20-,21-,22-/m0/s1. The Morgan fingerprint density at radius 2 is 1.79 bits per heavy atom. The van der Waals surface area contributed by atoms with E-state index >= 15 is 0 Å². The van der Waals surface area contributed by atoms with Crippen molar-refractivity contribution < 1.29 is 28.4 Å². The lowest BCUT2D eigenvalue weighted by atomic mass is 9.91. The molecule has 4 rings (SSSR count). The fourth-order valence-corrected chi connectivity index (χ4v) is 6.66. The molecule has 6 atom stereocenters. The lowest BCUT2D eigenvalue weighted by Gasteiger charge is -2.35. The first-order valence-corrected chi connectivity index (χ1v) is 14.9. The number of hydrogen-bond acceptors (Lipinski definition) is 5. The van der Waals surface area contributed by atoms with Crippen LogP contribution >= 0.6 is 11.6 Å². The molecule has 2 saturated carbocycles. The first-order chi connectivity index (χ1) is 18.7. The number of hydrogen-bond donors (Lipinski definition) is 3. The van der Waals surface area contributed by atoms with Gasteiger partial charge in [-0.25, -0.2) is 9.40 Å². The quantitative estimate of drug-likeness (QED) is 0.273. The van der Waals surface area contributed by atoms with E-state index < -0.39 is 35.4 Å². The number of halogens is 2. The van der Waals surface area contributed by atoms with Gasteiger partial charge in [0, 0.05) is 19.0 Å². The van der Waals surface area contributed by atoms with E-state index in [-0.39, 0.29) is 47.9 Å². The van der Waals surface area contributed by atoms with Gasteiger partial charge in [-0.15, -0.1) is 0 Å². The van der Waals surface area contributed by atoms with E-state index in [9.17, 15) is 28.4 Å². The van der Waals surface area contributed by atoms with Crippen LogP contribution in [0.2, 0.25) is 0 Å². The Bertz CT molecular complexity index is 959. The number of rotatable bonds is 10. The van der Waals surface area contributed by atoms with Crippen molar-refractivity contribution >= 4 is 41.1 Å². The average molecular weight is 570 g/mol. The minimum Gasteiger partial charge on any atom is -0.356 e. The maximum Gasteiger partial charge on any atom is 0.291 e. The van der Waals surface area contributed by atoms with Gasteiger partial charge >= 0.3 is 0 Å². The van der Waals surface area contributed by atoms with Crippen LogP contribution in [-0.4, -0.2) is 76.8 Å². The molecule has 2 aliphatic carbocycles. The summed E-state index contributed by atoms with van der Waals surface area (Å²) >= 11 is 5.46. The van der Waals surface area contributed by atoms with Crippen molar-refractivity contribution in [3.8, 4) is 0 Å². The third-order valence-corrected chi connectivity index (χ3v) is 9.16. The summed E-state index contributed by atoms with van der Waals surface area (Å²) in [6, 6.07) is -1.62. The minimum absolute atomic E-state index is 0.0625. The number of carbonyl (C=O) groups is 5. The normalized spacial score (nSPS) is 27.9. The zero-order valence-corrected chi connectivity index (χ0v) is 23.6. The van der Waals surface area contributed by atoms with Crippen LogP contribution < -0.4 is 16.1 Å².